The van der Waals surface area contributed by atoms with Crippen LogP contribution in [-0.2, 0) is 9.47 Å². The Kier molecular flexibility index (Phi) is 11.8. The van der Waals surface area contributed by atoms with Crippen LogP contribution in [0.2, 0.25) is 0 Å². The molecule has 0 radical (unpaired) electrons. The molecular formula is C19H32FIN4O2. The average molecular weight is 494 g/mol. The third-order valence-corrected chi connectivity index (χ3v) is 4.31. The molecule has 2 atom stereocenters. The molecule has 1 aliphatic rings. The Balaban J connectivity index is 0.00000364. The van der Waals surface area contributed by atoms with E-state index in [0.717, 1.165) is 31.2 Å². The average Bonchev–Trinajstić information content (AvgIpc) is 2.64. The molecule has 2 unspecified atom stereocenters. The molecule has 6 nitrogen and oxygen atoms in total. The van der Waals surface area contributed by atoms with Gasteiger partial charge in [-0.05, 0) is 31.5 Å². The maximum atomic E-state index is 13.3. The van der Waals surface area contributed by atoms with E-state index in [4.69, 9.17) is 14.5 Å². The predicted octanol–water partition coefficient (Wildman–Crippen LogP) is 2.41. The van der Waals surface area contributed by atoms with E-state index >= 15 is 0 Å². The molecule has 2 rings (SSSR count). The first-order valence-electron chi connectivity index (χ1n) is 9.25. The molecule has 0 amide bonds. The fourth-order valence-electron chi connectivity index (χ4n) is 3.03. The molecule has 1 aromatic rings. The van der Waals surface area contributed by atoms with E-state index < -0.39 is 0 Å². The zero-order valence-electron chi connectivity index (χ0n) is 16.4. The summed E-state index contributed by atoms with van der Waals surface area (Å²) in [7, 11) is 1.69. The van der Waals surface area contributed by atoms with Crippen molar-refractivity contribution in [1.29, 1.82) is 0 Å². The van der Waals surface area contributed by atoms with Gasteiger partial charge < -0.3 is 20.1 Å². The lowest BCUT2D eigenvalue weighted by Crippen LogP contribution is -2.45. The highest BCUT2D eigenvalue weighted by Gasteiger charge is 2.22. The highest BCUT2D eigenvalue weighted by molar-refractivity contribution is 14.0. The number of hydrogen-bond acceptors (Lipinski definition) is 4. The van der Waals surface area contributed by atoms with Gasteiger partial charge in [0.25, 0.3) is 0 Å². The van der Waals surface area contributed by atoms with E-state index in [2.05, 4.69) is 22.5 Å². The quantitative estimate of drug-likeness (QED) is 0.331. The van der Waals surface area contributed by atoms with Crippen molar-refractivity contribution in [3.63, 3.8) is 0 Å². The van der Waals surface area contributed by atoms with Crippen LogP contribution in [0.3, 0.4) is 0 Å². The molecule has 1 saturated heterocycles. The van der Waals surface area contributed by atoms with Gasteiger partial charge in [0.1, 0.15) is 5.82 Å². The van der Waals surface area contributed by atoms with Crippen LogP contribution in [0.4, 0.5) is 4.39 Å². The lowest BCUT2D eigenvalue weighted by atomic mass is 10.0. The molecule has 27 heavy (non-hydrogen) atoms. The van der Waals surface area contributed by atoms with Gasteiger partial charge in [-0.15, -0.1) is 24.0 Å². The third-order valence-electron chi connectivity index (χ3n) is 4.31. The van der Waals surface area contributed by atoms with Gasteiger partial charge >= 0.3 is 0 Å². The van der Waals surface area contributed by atoms with Crippen molar-refractivity contribution in [2.45, 2.75) is 25.9 Å². The van der Waals surface area contributed by atoms with E-state index in [1.54, 1.807) is 7.11 Å². The van der Waals surface area contributed by atoms with E-state index in [-0.39, 0.29) is 41.9 Å². The van der Waals surface area contributed by atoms with Crippen LogP contribution in [0, 0.1) is 5.82 Å². The topological polar surface area (TPSA) is 58.1 Å². The number of morpholine rings is 1. The van der Waals surface area contributed by atoms with Crippen molar-refractivity contribution in [1.82, 2.24) is 15.5 Å². The van der Waals surface area contributed by atoms with Crippen molar-refractivity contribution < 1.29 is 13.9 Å². The minimum Gasteiger partial charge on any atom is -0.383 e. The first-order chi connectivity index (χ1) is 12.6. The zero-order valence-corrected chi connectivity index (χ0v) is 18.7. The van der Waals surface area contributed by atoms with Crippen LogP contribution >= 0.6 is 24.0 Å². The maximum absolute atomic E-state index is 13.3. The molecule has 1 aliphatic heterocycles. The van der Waals surface area contributed by atoms with Gasteiger partial charge in [-0.3, -0.25) is 9.89 Å². The number of benzene rings is 1. The van der Waals surface area contributed by atoms with E-state index in [9.17, 15) is 4.39 Å². The highest BCUT2D eigenvalue weighted by atomic mass is 127. The number of aliphatic imine (C=N–C) groups is 1. The second-order valence-corrected chi connectivity index (χ2v) is 6.44. The van der Waals surface area contributed by atoms with Crippen LogP contribution in [0.1, 0.15) is 25.5 Å². The first-order valence-corrected chi connectivity index (χ1v) is 9.25. The Hall–Kier alpha value is -0.970. The first kappa shape index (κ1) is 24.1. The van der Waals surface area contributed by atoms with E-state index in [1.165, 1.54) is 12.1 Å². The monoisotopic (exact) mass is 494 g/mol. The van der Waals surface area contributed by atoms with Crippen molar-refractivity contribution in [3.05, 3.63) is 35.6 Å². The molecule has 0 aliphatic carbocycles. The Morgan fingerprint density at radius 3 is 2.56 bits per heavy atom. The van der Waals surface area contributed by atoms with E-state index in [1.807, 2.05) is 19.1 Å². The van der Waals surface area contributed by atoms with Crippen LogP contribution < -0.4 is 10.6 Å². The van der Waals surface area contributed by atoms with Crippen LogP contribution in [0.15, 0.2) is 29.3 Å². The summed E-state index contributed by atoms with van der Waals surface area (Å²) in [6, 6.07) is 6.96. The second kappa shape index (κ2) is 13.2. The summed E-state index contributed by atoms with van der Waals surface area (Å²) < 4.78 is 24.0. The van der Waals surface area contributed by atoms with Crippen molar-refractivity contribution in [2.75, 3.05) is 53.1 Å². The molecule has 1 aromatic carbocycles. The normalized spacial score (nSPS) is 17.7. The molecule has 0 bridgehead atoms. The molecule has 0 aromatic heterocycles. The summed E-state index contributed by atoms with van der Waals surface area (Å²) >= 11 is 0. The fourth-order valence-corrected chi connectivity index (χ4v) is 3.03. The van der Waals surface area contributed by atoms with Gasteiger partial charge in [-0.1, -0.05) is 12.1 Å². The van der Waals surface area contributed by atoms with Crippen LogP contribution in [0.25, 0.3) is 0 Å². The molecule has 0 spiro atoms. The molecule has 1 heterocycles. The molecule has 1 fully saturated rings. The number of nitrogens with one attached hydrogen (secondary N) is 2. The number of ether oxygens (including phenoxy) is 2. The lowest BCUT2D eigenvalue weighted by Gasteiger charge is -2.34. The van der Waals surface area contributed by atoms with Crippen molar-refractivity contribution in [2.24, 2.45) is 4.99 Å². The molecule has 8 heteroatoms. The highest BCUT2D eigenvalue weighted by Crippen LogP contribution is 2.22. The minimum absolute atomic E-state index is 0. The Morgan fingerprint density at radius 1 is 1.30 bits per heavy atom. The Bertz CT molecular complexity index is 553. The summed E-state index contributed by atoms with van der Waals surface area (Å²) in [6.07, 6.45) is 0. The van der Waals surface area contributed by atoms with Crippen LogP contribution in [0.5, 0.6) is 0 Å². The number of hydrogen-bond donors (Lipinski definition) is 2. The number of rotatable bonds is 8. The maximum Gasteiger partial charge on any atom is 0.191 e. The second-order valence-electron chi connectivity index (χ2n) is 6.44. The van der Waals surface area contributed by atoms with Gasteiger partial charge in [0, 0.05) is 32.8 Å². The molecule has 2 N–H and O–H groups in total. The summed E-state index contributed by atoms with van der Waals surface area (Å²) in [5.41, 5.74) is 1.07. The number of nitrogens with zero attached hydrogens (tertiary/aromatic N) is 2. The lowest BCUT2D eigenvalue weighted by molar-refractivity contribution is 0.0179. The van der Waals surface area contributed by atoms with Gasteiger partial charge in [-0.25, -0.2) is 4.39 Å². The van der Waals surface area contributed by atoms with Crippen molar-refractivity contribution in [3.8, 4) is 0 Å². The van der Waals surface area contributed by atoms with Gasteiger partial charge in [0.15, 0.2) is 5.96 Å². The third kappa shape index (κ3) is 8.28. The van der Waals surface area contributed by atoms with Crippen molar-refractivity contribution >= 4 is 29.9 Å². The smallest absolute Gasteiger partial charge is 0.191 e. The summed E-state index contributed by atoms with van der Waals surface area (Å²) in [4.78, 5) is 7.12. The van der Waals surface area contributed by atoms with Gasteiger partial charge in [0.05, 0.1) is 32.4 Å². The zero-order chi connectivity index (χ0) is 18.8. The largest absolute Gasteiger partial charge is 0.383 e. The fraction of sp³-hybridized carbons (Fsp3) is 0.632. The van der Waals surface area contributed by atoms with Gasteiger partial charge in [-0.2, -0.15) is 0 Å². The predicted molar refractivity (Wildman–Crippen MR) is 117 cm³/mol. The summed E-state index contributed by atoms with van der Waals surface area (Å²) in [5, 5.41) is 6.62. The number of halogens is 2. The van der Waals surface area contributed by atoms with Gasteiger partial charge in [0.2, 0.25) is 0 Å². The SMILES string of the molecule is CCNC(=NCC(c1ccc(F)cc1)N1CCOCC1)NC(C)COC.I. The Labute approximate surface area is 178 Å². The summed E-state index contributed by atoms with van der Waals surface area (Å²) in [5.74, 6) is 0.541. The molecular weight excluding hydrogens is 462 g/mol. The molecule has 0 saturated carbocycles. The number of methoxy groups -OCH3 is 1. The summed E-state index contributed by atoms with van der Waals surface area (Å²) in [6.45, 7) is 9.19. The number of guanidine groups is 1. The molecule has 154 valence electrons. The minimum atomic E-state index is -0.221. The Morgan fingerprint density at radius 2 is 1.96 bits per heavy atom. The standard InChI is InChI=1S/C19H31FN4O2.HI/c1-4-21-19(23-15(2)14-25-3)22-13-18(24-9-11-26-12-10-24)16-5-7-17(20)8-6-16;/h5-8,15,18H,4,9-14H2,1-3H3,(H2,21,22,23);1H. The van der Waals surface area contributed by atoms with E-state index in [0.29, 0.717) is 26.4 Å². The van der Waals surface area contributed by atoms with Crippen LogP contribution in [-0.4, -0.2) is 70.0 Å².